The largest absolute Gasteiger partial charge is 0.344 e. The first-order chi connectivity index (χ1) is 17.3. The number of Topliss-reactive ketones (excluding diaryl/α,β-unsaturated/α-hetero) is 1. The molecule has 1 aliphatic carbocycles. The monoisotopic (exact) mass is 490 g/mol. The van der Waals surface area contributed by atoms with Crippen LogP contribution in [-0.4, -0.2) is 41.5 Å². The molecule has 1 aromatic heterocycles. The number of aromatic nitrogens is 1. The van der Waals surface area contributed by atoms with Crippen LogP contribution in [0.25, 0.3) is 11.1 Å². The fraction of sp³-hybridized carbons (Fsp3) is 0.533. The van der Waals surface area contributed by atoms with Crippen molar-refractivity contribution >= 4 is 17.4 Å². The molecule has 0 saturated heterocycles. The average molecular weight is 491 g/mol. The predicted molar refractivity (Wildman–Crippen MR) is 147 cm³/mol. The van der Waals surface area contributed by atoms with E-state index >= 15 is 0 Å². The van der Waals surface area contributed by atoms with Crippen molar-refractivity contribution in [1.29, 1.82) is 5.41 Å². The van der Waals surface area contributed by atoms with Crippen LogP contribution in [0.4, 0.5) is 0 Å². The highest BCUT2D eigenvalue weighted by Gasteiger charge is 2.36. The molecule has 0 spiro atoms. The Morgan fingerprint density at radius 3 is 2.36 bits per heavy atom. The Labute approximate surface area is 216 Å². The molecule has 6 heteroatoms. The lowest BCUT2D eigenvalue weighted by molar-refractivity contribution is -0.127. The summed E-state index contributed by atoms with van der Waals surface area (Å²) in [7, 11) is 1.73. The minimum atomic E-state index is -0.658. The van der Waals surface area contributed by atoms with E-state index in [4.69, 9.17) is 5.41 Å². The van der Waals surface area contributed by atoms with Crippen LogP contribution in [0.2, 0.25) is 0 Å². The Kier molecular flexibility index (Phi) is 9.94. The number of ketones is 1. The third-order valence-corrected chi connectivity index (χ3v) is 7.60. The van der Waals surface area contributed by atoms with Crippen LogP contribution in [0.3, 0.4) is 0 Å². The molecule has 1 heterocycles. The van der Waals surface area contributed by atoms with Gasteiger partial charge in [0, 0.05) is 23.9 Å². The third kappa shape index (κ3) is 6.67. The van der Waals surface area contributed by atoms with Gasteiger partial charge in [-0.3, -0.25) is 14.6 Å². The molecule has 0 aliphatic heterocycles. The van der Waals surface area contributed by atoms with Crippen molar-refractivity contribution in [2.45, 2.75) is 90.1 Å². The fourth-order valence-electron chi connectivity index (χ4n) is 5.10. The molecule has 1 saturated carbocycles. The van der Waals surface area contributed by atoms with Gasteiger partial charge in [-0.15, -0.1) is 0 Å². The molecule has 3 atom stereocenters. The summed E-state index contributed by atoms with van der Waals surface area (Å²) in [6.45, 7) is 8.12. The molecule has 3 rings (SSSR count). The first-order valence-electron chi connectivity index (χ1n) is 13.4. The van der Waals surface area contributed by atoms with Crippen molar-refractivity contribution < 1.29 is 9.59 Å². The zero-order chi connectivity index (χ0) is 26.2. The molecular formula is C30H42N4O2. The fourth-order valence-corrected chi connectivity index (χ4v) is 5.10. The van der Waals surface area contributed by atoms with Crippen LogP contribution in [-0.2, 0) is 9.59 Å². The van der Waals surface area contributed by atoms with Crippen molar-refractivity contribution in [3.8, 4) is 11.1 Å². The summed E-state index contributed by atoms with van der Waals surface area (Å²) in [6, 6.07) is 9.44. The molecule has 0 radical (unpaired) electrons. The summed E-state index contributed by atoms with van der Waals surface area (Å²) in [5.41, 5.74) is 4.24. The molecule has 194 valence electrons. The number of likely N-dealkylation sites (N-methyl/N-ethyl adjacent to an activating group) is 1. The molecule has 3 N–H and O–H groups in total. The van der Waals surface area contributed by atoms with Crippen molar-refractivity contribution in [1.82, 2.24) is 15.6 Å². The summed E-state index contributed by atoms with van der Waals surface area (Å²) in [4.78, 5) is 31.0. The van der Waals surface area contributed by atoms with Gasteiger partial charge in [0.05, 0.1) is 17.8 Å². The second-order valence-corrected chi connectivity index (χ2v) is 10.4. The SMILES string of the molecule is CCC(C(=N)C(=O)C(NC(=O)C(C)NC)C1CCCCC1)c1cncc(-c2cccc(C(C)C)c2)c1. The van der Waals surface area contributed by atoms with Gasteiger partial charge in [0.15, 0.2) is 5.78 Å². The molecular weight excluding hydrogens is 448 g/mol. The number of hydrogen-bond acceptors (Lipinski definition) is 5. The van der Waals surface area contributed by atoms with Crippen molar-refractivity contribution in [3.05, 3.63) is 53.9 Å². The van der Waals surface area contributed by atoms with Gasteiger partial charge < -0.3 is 16.0 Å². The van der Waals surface area contributed by atoms with E-state index in [0.29, 0.717) is 12.3 Å². The lowest BCUT2D eigenvalue weighted by atomic mass is 9.78. The van der Waals surface area contributed by atoms with Gasteiger partial charge in [0.2, 0.25) is 5.91 Å². The molecule has 1 aliphatic rings. The van der Waals surface area contributed by atoms with Gasteiger partial charge >= 0.3 is 0 Å². The smallest absolute Gasteiger partial charge is 0.237 e. The van der Waals surface area contributed by atoms with Crippen LogP contribution in [0.15, 0.2) is 42.7 Å². The summed E-state index contributed by atoms with van der Waals surface area (Å²) in [6.07, 6.45) is 9.28. The van der Waals surface area contributed by atoms with Crippen LogP contribution < -0.4 is 10.6 Å². The van der Waals surface area contributed by atoms with E-state index in [9.17, 15) is 9.59 Å². The van der Waals surface area contributed by atoms with E-state index in [2.05, 4.69) is 59.8 Å². The predicted octanol–water partition coefficient (Wildman–Crippen LogP) is 5.63. The van der Waals surface area contributed by atoms with E-state index in [1.807, 2.05) is 13.1 Å². The van der Waals surface area contributed by atoms with Crippen molar-refractivity contribution in [2.75, 3.05) is 7.05 Å². The van der Waals surface area contributed by atoms with E-state index < -0.39 is 12.1 Å². The topological polar surface area (TPSA) is 94.9 Å². The van der Waals surface area contributed by atoms with Crippen molar-refractivity contribution in [3.63, 3.8) is 0 Å². The Hall–Kier alpha value is -2.86. The number of amides is 1. The summed E-state index contributed by atoms with van der Waals surface area (Å²) < 4.78 is 0. The number of benzene rings is 1. The number of nitrogens with one attached hydrogen (secondary N) is 3. The van der Waals surface area contributed by atoms with E-state index in [0.717, 1.165) is 48.8 Å². The lowest BCUT2D eigenvalue weighted by Crippen LogP contribution is -2.53. The van der Waals surface area contributed by atoms with Crippen LogP contribution in [0.1, 0.15) is 89.2 Å². The van der Waals surface area contributed by atoms with E-state index in [-0.39, 0.29) is 29.2 Å². The molecule has 1 amide bonds. The Bertz CT molecular complexity index is 1060. The highest BCUT2D eigenvalue weighted by Crippen LogP contribution is 2.31. The number of rotatable bonds is 11. The third-order valence-electron chi connectivity index (χ3n) is 7.60. The number of carbonyl (C=O) groups is 2. The van der Waals surface area contributed by atoms with Gasteiger partial charge in [0.25, 0.3) is 0 Å². The van der Waals surface area contributed by atoms with Crippen LogP contribution in [0.5, 0.6) is 0 Å². The lowest BCUT2D eigenvalue weighted by Gasteiger charge is -2.32. The summed E-state index contributed by atoms with van der Waals surface area (Å²) >= 11 is 0. The Morgan fingerprint density at radius 1 is 1.03 bits per heavy atom. The summed E-state index contributed by atoms with van der Waals surface area (Å²) in [5.74, 6) is -0.343. The minimum absolute atomic E-state index is 0.0559. The number of nitrogens with zero attached hydrogens (tertiary/aromatic N) is 1. The molecule has 1 fully saturated rings. The Balaban J connectivity index is 1.88. The summed E-state index contributed by atoms with van der Waals surface area (Å²) in [5, 5.41) is 14.9. The molecule has 1 aromatic carbocycles. The zero-order valence-electron chi connectivity index (χ0n) is 22.4. The zero-order valence-corrected chi connectivity index (χ0v) is 22.4. The average Bonchev–Trinajstić information content (AvgIpc) is 2.91. The molecule has 2 aromatic rings. The second-order valence-electron chi connectivity index (χ2n) is 10.4. The highest BCUT2D eigenvalue weighted by atomic mass is 16.2. The van der Waals surface area contributed by atoms with Gasteiger partial charge in [-0.05, 0) is 67.8 Å². The Morgan fingerprint density at radius 2 is 1.72 bits per heavy atom. The van der Waals surface area contributed by atoms with E-state index in [1.54, 1.807) is 20.2 Å². The number of hydrogen-bond donors (Lipinski definition) is 3. The van der Waals surface area contributed by atoms with Crippen molar-refractivity contribution in [2.24, 2.45) is 5.92 Å². The highest BCUT2D eigenvalue weighted by molar-refractivity contribution is 6.42. The van der Waals surface area contributed by atoms with Crippen LogP contribution >= 0.6 is 0 Å². The maximum absolute atomic E-state index is 13.8. The number of carbonyl (C=O) groups excluding carboxylic acids is 2. The van der Waals surface area contributed by atoms with Crippen LogP contribution in [0, 0.1) is 11.3 Å². The minimum Gasteiger partial charge on any atom is -0.344 e. The molecule has 3 unspecified atom stereocenters. The van der Waals surface area contributed by atoms with Gasteiger partial charge in [-0.2, -0.15) is 0 Å². The molecule has 0 bridgehead atoms. The molecule has 36 heavy (non-hydrogen) atoms. The van der Waals surface area contributed by atoms with Gasteiger partial charge in [-0.1, -0.05) is 64.3 Å². The van der Waals surface area contributed by atoms with Gasteiger partial charge in [0.1, 0.15) is 0 Å². The standard InChI is InChI=1S/C30H42N4O2/c1-6-26(25-16-24(17-33-18-25)23-14-10-13-22(15-23)19(2)3)27(31)29(35)28(21-11-8-7-9-12-21)34-30(36)20(4)32-5/h10,13-21,26,28,31-32H,6-9,11-12H2,1-5H3,(H,34,36). The van der Waals surface area contributed by atoms with E-state index in [1.165, 1.54) is 5.56 Å². The first kappa shape index (κ1) is 27.7. The quantitative estimate of drug-likeness (QED) is 0.356. The number of pyridine rings is 1. The van der Waals surface area contributed by atoms with Gasteiger partial charge in [-0.25, -0.2) is 0 Å². The second kappa shape index (κ2) is 12.9. The maximum Gasteiger partial charge on any atom is 0.237 e. The normalized spacial score (nSPS) is 16.8. The molecule has 6 nitrogen and oxygen atoms in total. The first-order valence-corrected chi connectivity index (χ1v) is 13.4. The maximum atomic E-state index is 13.8.